The van der Waals surface area contributed by atoms with Crippen LogP contribution >= 0.6 is 0 Å². The fraction of sp³-hybridized carbons (Fsp3) is 0.120. The number of aromatic nitrogens is 2. The monoisotopic (exact) mass is 380 g/mol. The first-order valence-corrected chi connectivity index (χ1v) is 9.91. The summed E-state index contributed by atoms with van der Waals surface area (Å²) in [5.41, 5.74) is 3.23. The van der Waals surface area contributed by atoms with E-state index in [4.69, 9.17) is 0 Å². The van der Waals surface area contributed by atoms with Crippen molar-refractivity contribution >= 4 is 44.2 Å². The van der Waals surface area contributed by atoms with Crippen LogP contribution in [0.1, 0.15) is 6.92 Å². The van der Waals surface area contributed by atoms with Gasteiger partial charge in [0.05, 0.1) is 0 Å². The number of anilines is 1. The number of benzene rings is 3. The Morgan fingerprint density at radius 1 is 0.897 bits per heavy atom. The molecule has 5 rings (SSSR count). The number of carbonyl (C=O) groups is 1. The standard InChI is InChI=1S/C25H21N3O/c1-2-28-23-10-6-5-9-21(23)22-15-20(11-12-24(22)28)26-25(29)17-27-14-13-18-7-3-4-8-19(18)16-27/h3-16H,2,17H2,1H3/p+1. The molecule has 142 valence electrons. The average Bonchev–Trinajstić information content (AvgIpc) is 3.06. The number of fused-ring (bicyclic) bond motifs is 4. The maximum absolute atomic E-state index is 12.6. The van der Waals surface area contributed by atoms with E-state index < -0.39 is 0 Å². The number of pyridine rings is 1. The Bertz CT molecular complexity index is 1370. The lowest BCUT2D eigenvalue weighted by Crippen LogP contribution is -2.39. The van der Waals surface area contributed by atoms with Gasteiger partial charge in [0.2, 0.25) is 6.54 Å². The Morgan fingerprint density at radius 3 is 2.52 bits per heavy atom. The number of rotatable bonds is 4. The Labute approximate surface area is 169 Å². The van der Waals surface area contributed by atoms with Crippen molar-refractivity contribution in [3.63, 3.8) is 0 Å². The number of nitrogens with one attached hydrogen (secondary N) is 1. The molecule has 0 spiro atoms. The number of aryl methyl sites for hydroxylation is 1. The van der Waals surface area contributed by atoms with Gasteiger partial charge in [-0.15, -0.1) is 0 Å². The molecule has 0 bridgehead atoms. The predicted octanol–water partition coefficient (Wildman–Crippen LogP) is 4.89. The highest BCUT2D eigenvalue weighted by Gasteiger charge is 2.13. The minimum atomic E-state index is -0.0381. The average molecular weight is 380 g/mol. The molecule has 0 radical (unpaired) electrons. The summed E-state index contributed by atoms with van der Waals surface area (Å²) in [6, 6.07) is 24.8. The molecule has 0 saturated heterocycles. The van der Waals surface area contributed by atoms with Gasteiger partial charge in [-0.2, -0.15) is 4.57 Å². The summed E-state index contributed by atoms with van der Waals surface area (Å²) in [7, 11) is 0. The van der Waals surface area contributed by atoms with E-state index in [1.165, 1.54) is 27.2 Å². The van der Waals surface area contributed by atoms with Gasteiger partial charge in [-0.3, -0.25) is 4.79 Å². The van der Waals surface area contributed by atoms with Crippen LogP contribution in [0.5, 0.6) is 0 Å². The van der Waals surface area contributed by atoms with Crippen LogP contribution in [-0.2, 0) is 17.9 Å². The van der Waals surface area contributed by atoms with Gasteiger partial charge in [-0.05, 0) is 42.6 Å². The van der Waals surface area contributed by atoms with E-state index >= 15 is 0 Å². The number of nitrogens with zero attached hydrogens (tertiary/aromatic N) is 2. The summed E-state index contributed by atoms with van der Waals surface area (Å²) >= 11 is 0. The van der Waals surface area contributed by atoms with E-state index in [0.717, 1.165) is 17.6 Å². The second kappa shape index (κ2) is 7.06. The molecule has 2 aromatic heterocycles. The van der Waals surface area contributed by atoms with Crippen molar-refractivity contribution in [2.24, 2.45) is 0 Å². The minimum Gasteiger partial charge on any atom is -0.341 e. The summed E-state index contributed by atoms with van der Waals surface area (Å²) in [5, 5.41) is 7.72. The first-order valence-electron chi connectivity index (χ1n) is 9.91. The second-order valence-electron chi connectivity index (χ2n) is 7.29. The van der Waals surface area contributed by atoms with Gasteiger partial charge in [-0.25, -0.2) is 0 Å². The zero-order chi connectivity index (χ0) is 19.8. The van der Waals surface area contributed by atoms with Crippen molar-refractivity contribution in [3.05, 3.63) is 85.2 Å². The Kier molecular flexibility index (Phi) is 4.24. The van der Waals surface area contributed by atoms with E-state index in [-0.39, 0.29) is 12.5 Å². The fourth-order valence-corrected chi connectivity index (χ4v) is 4.11. The molecule has 5 aromatic rings. The van der Waals surface area contributed by atoms with Gasteiger partial charge < -0.3 is 9.88 Å². The van der Waals surface area contributed by atoms with Crippen LogP contribution in [-0.4, -0.2) is 10.5 Å². The van der Waals surface area contributed by atoms with Crippen LogP contribution in [0.4, 0.5) is 5.69 Å². The van der Waals surface area contributed by atoms with Crippen LogP contribution in [0, 0.1) is 0 Å². The summed E-state index contributed by atoms with van der Waals surface area (Å²) in [6.45, 7) is 3.34. The van der Waals surface area contributed by atoms with Gasteiger partial charge >= 0.3 is 0 Å². The van der Waals surface area contributed by atoms with Gasteiger partial charge in [0.15, 0.2) is 12.4 Å². The topological polar surface area (TPSA) is 37.9 Å². The molecule has 4 heteroatoms. The van der Waals surface area contributed by atoms with Crippen molar-refractivity contribution in [1.82, 2.24) is 4.57 Å². The first kappa shape index (κ1) is 17.4. The summed E-state index contributed by atoms with van der Waals surface area (Å²) in [4.78, 5) is 12.6. The highest BCUT2D eigenvalue weighted by atomic mass is 16.1. The first-order chi connectivity index (χ1) is 14.2. The number of carbonyl (C=O) groups excluding carboxylic acids is 1. The summed E-state index contributed by atoms with van der Waals surface area (Å²) < 4.78 is 4.22. The zero-order valence-electron chi connectivity index (χ0n) is 16.3. The maximum Gasteiger partial charge on any atom is 0.290 e. The molecule has 0 saturated carbocycles. The third-order valence-electron chi connectivity index (χ3n) is 5.45. The number of hydrogen-bond donors (Lipinski definition) is 1. The molecule has 3 aromatic carbocycles. The van der Waals surface area contributed by atoms with Crippen molar-refractivity contribution in [2.45, 2.75) is 20.0 Å². The molecule has 0 aliphatic rings. The van der Waals surface area contributed by atoms with E-state index in [0.29, 0.717) is 0 Å². The summed E-state index contributed by atoms with van der Waals surface area (Å²) in [5.74, 6) is -0.0381. The zero-order valence-corrected chi connectivity index (χ0v) is 16.3. The van der Waals surface area contributed by atoms with Gasteiger partial charge in [0.25, 0.3) is 5.91 Å². The van der Waals surface area contributed by atoms with Crippen molar-refractivity contribution in [2.75, 3.05) is 5.32 Å². The van der Waals surface area contributed by atoms with Crippen LogP contribution in [0.25, 0.3) is 32.6 Å². The fourth-order valence-electron chi connectivity index (χ4n) is 4.11. The maximum atomic E-state index is 12.6. The van der Waals surface area contributed by atoms with E-state index in [1.54, 1.807) is 0 Å². The number of hydrogen-bond acceptors (Lipinski definition) is 1. The van der Waals surface area contributed by atoms with Gasteiger partial charge in [0, 0.05) is 45.5 Å². The number of amides is 1. The highest BCUT2D eigenvalue weighted by Crippen LogP contribution is 2.30. The van der Waals surface area contributed by atoms with Crippen LogP contribution in [0.15, 0.2) is 85.2 Å². The van der Waals surface area contributed by atoms with Crippen LogP contribution < -0.4 is 9.88 Å². The van der Waals surface area contributed by atoms with Gasteiger partial charge in [-0.1, -0.05) is 36.4 Å². The van der Waals surface area contributed by atoms with E-state index in [9.17, 15) is 4.79 Å². The molecule has 1 amide bonds. The molecule has 0 aliphatic carbocycles. The van der Waals surface area contributed by atoms with Crippen LogP contribution in [0.2, 0.25) is 0 Å². The summed E-state index contributed by atoms with van der Waals surface area (Å²) in [6.07, 6.45) is 3.95. The van der Waals surface area contributed by atoms with Crippen molar-refractivity contribution in [1.29, 1.82) is 0 Å². The smallest absolute Gasteiger partial charge is 0.290 e. The molecule has 0 atom stereocenters. The van der Waals surface area contributed by atoms with E-state index in [2.05, 4.69) is 65.3 Å². The second-order valence-corrected chi connectivity index (χ2v) is 7.29. The third-order valence-corrected chi connectivity index (χ3v) is 5.45. The lowest BCUT2D eigenvalue weighted by Gasteiger charge is -2.06. The SMILES string of the molecule is CCn1c2ccccc2c2cc(NC(=O)C[n+]3ccc4ccccc4c3)ccc21. The van der Waals surface area contributed by atoms with Gasteiger partial charge in [0.1, 0.15) is 0 Å². The lowest BCUT2D eigenvalue weighted by molar-refractivity contribution is -0.682. The largest absolute Gasteiger partial charge is 0.341 e. The lowest BCUT2D eigenvalue weighted by atomic mass is 10.1. The highest BCUT2D eigenvalue weighted by molar-refractivity contribution is 6.09. The quantitative estimate of drug-likeness (QED) is 0.443. The molecule has 1 N–H and O–H groups in total. The normalized spacial score (nSPS) is 11.3. The third kappa shape index (κ3) is 3.13. The Morgan fingerprint density at radius 2 is 1.66 bits per heavy atom. The van der Waals surface area contributed by atoms with Crippen molar-refractivity contribution in [3.8, 4) is 0 Å². The Balaban J connectivity index is 1.43. The molecule has 2 heterocycles. The number of para-hydroxylation sites is 1. The molecule has 0 unspecified atom stereocenters. The molecular weight excluding hydrogens is 358 g/mol. The molecular formula is C25H22N3O+. The molecule has 4 nitrogen and oxygen atoms in total. The predicted molar refractivity (Wildman–Crippen MR) is 118 cm³/mol. The van der Waals surface area contributed by atoms with Crippen molar-refractivity contribution < 1.29 is 9.36 Å². The molecule has 0 fully saturated rings. The molecule has 29 heavy (non-hydrogen) atoms. The molecule has 0 aliphatic heterocycles. The van der Waals surface area contributed by atoms with Crippen LogP contribution in [0.3, 0.4) is 0 Å². The van der Waals surface area contributed by atoms with E-state index in [1.807, 2.05) is 41.2 Å². The minimum absolute atomic E-state index is 0.0381. The Hall–Kier alpha value is -3.66.